The number of ether oxygens (including phenoxy) is 2. The molecule has 5 rings (SSSR count). The molecule has 0 unspecified atom stereocenters. The third-order valence-corrected chi connectivity index (χ3v) is 5.02. The molecule has 1 aliphatic rings. The summed E-state index contributed by atoms with van der Waals surface area (Å²) in [6, 6.07) is 15.0. The van der Waals surface area contributed by atoms with Crippen LogP contribution in [0.2, 0.25) is 0 Å². The fraction of sp³-hybridized carbons (Fsp3) is 0.130. The summed E-state index contributed by atoms with van der Waals surface area (Å²) in [5.41, 5.74) is 0.994. The zero-order chi connectivity index (χ0) is 22.3. The van der Waals surface area contributed by atoms with Gasteiger partial charge in [0.15, 0.2) is 11.5 Å². The standard InChI is InChI=1S/C23H16F3N3O3/c24-23(25,26)16-7-2-1-6-15(16)22(30)27-14-5-3-4-13(10-14)21-28-17-11-19-20(12-18(17)29-21)32-9-8-31-19/h1-7,10-12H,8-9H2,(H,27,30)(H,28,29). The van der Waals surface area contributed by atoms with Gasteiger partial charge in [-0.2, -0.15) is 13.2 Å². The van der Waals surface area contributed by atoms with Gasteiger partial charge in [0, 0.05) is 23.4 Å². The van der Waals surface area contributed by atoms with E-state index in [9.17, 15) is 18.0 Å². The number of hydrogen-bond donors (Lipinski definition) is 2. The van der Waals surface area contributed by atoms with E-state index in [-0.39, 0.29) is 0 Å². The van der Waals surface area contributed by atoms with Crippen molar-refractivity contribution >= 4 is 22.6 Å². The average Bonchev–Trinajstić information content (AvgIpc) is 3.20. The first kappa shape index (κ1) is 19.9. The largest absolute Gasteiger partial charge is 0.486 e. The predicted octanol–water partition coefficient (Wildman–Crippen LogP) is 5.27. The highest BCUT2D eigenvalue weighted by atomic mass is 19.4. The van der Waals surface area contributed by atoms with E-state index in [1.165, 1.54) is 12.1 Å². The number of nitrogens with zero attached hydrogens (tertiary/aromatic N) is 1. The predicted molar refractivity (Wildman–Crippen MR) is 112 cm³/mol. The smallest absolute Gasteiger partial charge is 0.417 e. The van der Waals surface area contributed by atoms with Crippen molar-refractivity contribution < 1.29 is 27.4 Å². The maximum atomic E-state index is 13.2. The number of H-pyrrole nitrogens is 1. The van der Waals surface area contributed by atoms with Gasteiger partial charge in [0.1, 0.15) is 19.0 Å². The molecule has 6 nitrogen and oxygen atoms in total. The number of fused-ring (bicyclic) bond motifs is 2. The number of aromatic nitrogens is 2. The molecule has 32 heavy (non-hydrogen) atoms. The summed E-state index contributed by atoms with van der Waals surface area (Å²) in [4.78, 5) is 20.3. The molecular weight excluding hydrogens is 423 g/mol. The topological polar surface area (TPSA) is 76.2 Å². The van der Waals surface area contributed by atoms with Gasteiger partial charge in [0.05, 0.1) is 22.2 Å². The lowest BCUT2D eigenvalue weighted by atomic mass is 10.1. The lowest BCUT2D eigenvalue weighted by Gasteiger charge is -2.17. The first-order chi connectivity index (χ1) is 15.4. The fourth-order valence-corrected chi connectivity index (χ4v) is 3.55. The summed E-state index contributed by atoms with van der Waals surface area (Å²) in [7, 11) is 0. The van der Waals surface area contributed by atoms with Crippen molar-refractivity contribution in [3.63, 3.8) is 0 Å². The van der Waals surface area contributed by atoms with Gasteiger partial charge >= 0.3 is 6.18 Å². The van der Waals surface area contributed by atoms with Crippen molar-refractivity contribution in [1.29, 1.82) is 0 Å². The number of anilines is 1. The molecular formula is C23H16F3N3O3. The number of halogens is 3. The number of imidazole rings is 1. The highest BCUT2D eigenvalue weighted by Gasteiger charge is 2.34. The molecule has 0 fully saturated rings. The van der Waals surface area contributed by atoms with Crippen LogP contribution in [0.15, 0.2) is 60.7 Å². The Balaban J connectivity index is 1.44. The zero-order valence-corrected chi connectivity index (χ0v) is 16.5. The van der Waals surface area contributed by atoms with Gasteiger partial charge in [0.2, 0.25) is 0 Å². The number of carbonyl (C=O) groups excluding carboxylic acids is 1. The third-order valence-electron chi connectivity index (χ3n) is 5.02. The molecule has 3 aromatic carbocycles. The minimum atomic E-state index is -4.63. The van der Waals surface area contributed by atoms with E-state index in [0.29, 0.717) is 47.3 Å². The molecule has 9 heteroatoms. The second-order valence-electron chi connectivity index (χ2n) is 7.18. The van der Waals surface area contributed by atoms with Crippen molar-refractivity contribution in [3.05, 3.63) is 71.8 Å². The second-order valence-corrected chi connectivity index (χ2v) is 7.18. The van der Waals surface area contributed by atoms with E-state index in [2.05, 4.69) is 15.3 Å². The van der Waals surface area contributed by atoms with E-state index in [4.69, 9.17) is 9.47 Å². The van der Waals surface area contributed by atoms with Gasteiger partial charge in [-0.1, -0.05) is 24.3 Å². The molecule has 2 N–H and O–H groups in total. The summed E-state index contributed by atoms with van der Waals surface area (Å²) in [6.07, 6.45) is -4.63. The van der Waals surface area contributed by atoms with Crippen LogP contribution < -0.4 is 14.8 Å². The Morgan fingerprint density at radius 2 is 1.72 bits per heavy atom. The van der Waals surface area contributed by atoms with Gasteiger partial charge in [0.25, 0.3) is 5.91 Å². The lowest BCUT2D eigenvalue weighted by Crippen LogP contribution is -2.18. The number of hydrogen-bond acceptors (Lipinski definition) is 4. The van der Waals surface area contributed by atoms with E-state index < -0.39 is 23.2 Å². The van der Waals surface area contributed by atoms with E-state index in [0.717, 1.165) is 17.6 Å². The Labute approximate surface area is 180 Å². The summed E-state index contributed by atoms with van der Waals surface area (Å²) in [5, 5.41) is 2.54. The van der Waals surface area contributed by atoms with Crippen LogP contribution in [0.4, 0.5) is 18.9 Å². The van der Waals surface area contributed by atoms with Crippen LogP contribution >= 0.6 is 0 Å². The van der Waals surface area contributed by atoms with Crippen LogP contribution in [-0.4, -0.2) is 29.1 Å². The van der Waals surface area contributed by atoms with Crippen molar-refractivity contribution in [3.8, 4) is 22.9 Å². The minimum absolute atomic E-state index is 0.343. The number of alkyl halides is 3. The van der Waals surface area contributed by atoms with Gasteiger partial charge in [-0.3, -0.25) is 4.79 Å². The molecule has 0 bridgehead atoms. The third kappa shape index (κ3) is 3.73. The first-order valence-electron chi connectivity index (χ1n) is 9.76. The maximum absolute atomic E-state index is 13.2. The van der Waals surface area contributed by atoms with Crippen LogP contribution in [0.1, 0.15) is 15.9 Å². The number of benzene rings is 3. The normalized spacial score (nSPS) is 13.2. The van der Waals surface area contributed by atoms with Gasteiger partial charge in [-0.05, 0) is 24.3 Å². The monoisotopic (exact) mass is 439 g/mol. The van der Waals surface area contributed by atoms with Gasteiger partial charge < -0.3 is 19.8 Å². The number of amides is 1. The SMILES string of the molecule is O=C(Nc1cccc(-c2nc3cc4c(cc3[nH]2)OCCO4)c1)c1ccccc1C(F)(F)F. The fourth-order valence-electron chi connectivity index (χ4n) is 3.55. The lowest BCUT2D eigenvalue weighted by molar-refractivity contribution is -0.137. The number of carbonyl (C=O) groups is 1. The minimum Gasteiger partial charge on any atom is -0.486 e. The second kappa shape index (κ2) is 7.60. The highest BCUT2D eigenvalue weighted by molar-refractivity contribution is 6.05. The summed E-state index contributed by atoms with van der Waals surface area (Å²) >= 11 is 0. The number of nitrogens with one attached hydrogen (secondary N) is 2. The van der Waals surface area contributed by atoms with Crippen LogP contribution in [0.25, 0.3) is 22.4 Å². The Morgan fingerprint density at radius 1 is 0.969 bits per heavy atom. The van der Waals surface area contributed by atoms with E-state index >= 15 is 0 Å². The van der Waals surface area contributed by atoms with Crippen LogP contribution in [-0.2, 0) is 6.18 Å². The van der Waals surface area contributed by atoms with Crippen molar-refractivity contribution in [2.45, 2.75) is 6.18 Å². The molecule has 162 valence electrons. The van der Waals surface area contributed by atoms with Gasteiger partial charge in [-0.15, -0.1) is 0 Å². The summed E-state index contributed by atoms with van der Waals surface area (Å²) < 4.78 is 50.9. The first-order valence-corrected chi connectivity index (χ1v) is 9.76. The van der Waals surface area contributed by atoms with Crippen LogP contribution in [0.3, 0.4) is 0 Å². The molecule has 4 aromatic rings. The molecule has 0 saturated heterocycles. The summed E-state index contributed by atoms with van der Waals surface area (Å²) in [5.74, 6) is 0.935. The average molecular weight is 439 g/mol. The molecule has 0 radical (unpaired) electrons. The number of aromatic amines is 1. The molecule has 1 aromatic heterocycles. The Bertz CT molecular complexity index is 1290. The molecule has 0 atom stereocenters. The Kier molecular flexibility index (Phi) is 4.73. The Hall–Kier alpha value is -4.01. The molecule has 1 amide bonds. The van der Waals surface area contributed by atoms with Crippen LogP contribution in [0.5, 0.6) is 11.5 Å². The zero-order valence-electron chi connectivity index (χ0n) is 16.5. The molecule has 0 saturated carbocycles. The molecule has 1 aliphatic heterocycles. The summed E-state index contributed by atoms with van der Waals surface area (Å²) in [6.45, 7) is 0.938. The number of rotatable bonds is 3. The molecule has 2 heterocycles. The maximum Gasteiger partial charge on any atom is 0.417 e. The van der Waals surface area contributed by atoms with Gasteiger partial charge in [-0.25, -0.2) is 4.98 Å². The molecule has 0 spiro atoms. The molecule has 0 aliphatic carbocycles. The van der Waals surface area contributed by atoms with Crippen LogP contribution in [0, 0.1) is 0 Å². The van der Waals surface area contributed by atoms with E-state index in [1.807, 2.05) is 0 Å². The van der Waals surface area contributed by atoms with E-state index in [1.54, 1.807) is 36.4 Å². The van der Waals surface area contributed by atoms with Crippen molar-refractivity contribution in [2.24, 2.45) is 0 Å². The van der Waals surface area contributed by atoms with Crippen molar-refractivity contribution in [2.75, 3.05) is 18.5 Å². The van der Waals surface area contributed by atoms with Crippen molar-refractivity contribution in [1.82, 2.24) is 9.97 Å². The highest BCUT2D eigenvalue weighted by Crippen LogP contribution is 2.35. The Morgan fingerprint density at radius 3 is 2.50 bits per heavy atom. The quantitative estimate of drug-likeness (QED) is 0.456.